The molecule has 4 nitrogen and oxygen atoms in total. The lowest BCUT2D eigenvalue weighted by atomic mass is 10.2. The van der Waals surface area contributed by atoms with Crippen molar-refractivity contribution in [3.63, 3.8) is 0 Å². The van der Waals surface area contributed by atoms with Crippen molar-refractivity contribution in [2.75, 3.05) is 19.5 Å². The second-order valence-corrected chi connectivity index (χ2v) is 4.50. The number of amidine groups is 1. The van der Waals surface area contributed by atoms with Crippen molar-refractivity contribution >= 4 is 17.6 Å². The number of nitrogens with zero attached hydrogens (tertiary/aromatic N) is 1. The zero-order valence-corrected chi connectivity index (χ0v) is 10.4. The number of ether oxygens (including phenoxy) is 1. The number of nitrogen functional groups attached to an aromatic ring is 1. The van der Waals surface area contributed by atoms with Gasteiger partial charge in [-0.15, -0.1) is 11.8 Å². The van der Waals surface area contributed by atoms with Crippen molar-refractivity contribution in [2.45, 2.75) is 18.4 Å². The lowest BCUT2D eigenvalue weighted by molar-refractivity contribution is 0.200. The van der Waals surface area contributed by atoms with Gasteiger partial charge in [0.25, 0.3) is 0 Å². The Morgan fingerprint density at radius 1 is 1.56 bits per heavy atom. The first-order valence-electron chi connectivity index (χ1n) is 5.09. The molecule has 16 heavy (non-hydrogen) atoms. The molecule has 0 amide bonds. The normalized spacial score (nSPS) is 10.4. The summed E-state index contributed by atoms with van der Waals surface area (Å²) in [6, 6.07) is 3.72. The van der Waals surface area contributed by atoms with Gasteiger partial charge in [-0.3, -0.25) is 5.41 Å². The first-order valence-corrected chi connectivity index (χ1v) is 6.07. The van der Waals surface area contributed by atoms with Gasteiger partial charge < -0.3 is 10.5 Å². The number of aromatic nitrogens is 1. The Hall–Kier alpha value is -1.07. The van der Waals surface area contributed by atoms with Gasteiger partial charge in [-0.1, -0.05) is 0 Å². The van der Waals surface area contributed by atoms with Crippen LogP contribution < -0.4 is 5.73 Å². The fourth-order valence-corrected chi connectivity index (χ4v) is 2.22. The average molecular weight is 239 g/mol. The van der Waals surface area contributed by atoms with Crippen molar-refractivity contribution < 1.29 is 4.74 Å². The number of nitrogens with two attached hydrogens (primary N) is 1. The maximum atomic E-state index is 7.46. The van der Waals surface area contributed by atoms with E-state index in [1.54, 1.807) is 18.9 Å². The summed E-state index contributed by atoms with van der Waals surface area (Å²) in [5, 5.41) is 8.30. The van der Waals surface area contributed by atoms with Crippen molar-refractivity contribution in [2.24, 2.45) is 5.73 Å². The molecule has 1 rings (SSSR count). The summed E-state index contributed by atoms with van der Waals surface area (Å²) in [5.74, 6) is 0.992. The van der Waals surface area contributed by atoms with Crippen molar-refractivity contribution in [3.05, 3.63) is 23.4 Å². The van der Waals surface area contributed by atoms with Crippen LogP contribution in [0.2, 0.25) is 0 Å². The predicted octanol–water partition coefficient (Wildman–Crippen LogP) is 1.80. The first-order chi connectivity index (χ1) is 7.65. The van der Waals surface area contributed by atoms with Gasteiger partial charge in [-0.25, -0.2) is 4.98 Å². The van der Waals surface area contributed by atoms with Gasteiger partial charge >= 0.3 is 0 Å². The third-order valence-corrected chi connectivity index (χ3v) is 3.10. The van der Waals surface area contributed by atoms with E-state index in [1.165, 1.54) is 0 Å². The van der Waals surface area contributed by atoms with Gasteiger partial charge in [-0.05, 0) is 25.5 Å². The van der Waals surface area contributed by atoms with E-state index in [0.29, 0.717) is 5.56 Å². The number of pyridine rings is 1. The van der Waals surface area contributed by atoms with Crippen LogP contribution in [0, 0.1) is 12.3 Å². The molecule has 1 aromatic heterocycles. The molecule has 1 heterocycles. The summed E-state index contributed by atoms with van der Waals surface area (Å²) in [4.78, 5) is 4.39. The van der Waals surface area contributed by atoms with Crippen molar-refractivity contribution in [3.8, 4) is 0 Å². The molecule has 0 saturated heterocycles. The minimum Gasteiger partial charge on any atom is -0.385 e. The highest BCUT2D eigenvalue weighted by atomic mass is 32.2. The van der Waals surface area contributed by atoms with E-state index >= 15 is 0 Å². The predicted molar refractivity (Wildman–Crippen MR) is 67.2 cm³/mol. The number of rotatable bonds is 6. The van der Waals surface area contributed by atoms with E-state index in [0.717, 1.165) is 29.5 Å². The molecule has 1 aromatic rings. The maximum Gasteiger partial charge on any atom is 0.125 e. The molecular formula is C11H17N3OS. The van der Waals surface area contributed by atoms with Crippen LogP contribution in [0.1, 0.15) is 17.7 Å². The van der Waals surface area contributed by atoms with Crippen LogP contribution >= 0.6 is 11.8 Å². The lowest BCUT2D eigenvalue weighted by Gasteiger charge is -2.07. The molecular weight excluding hydrogens is 222 g/mol. The van der Waals surface area contributed by atoms with Gasteiger partial charge in [-0.2, -0.15) is 0 Å². The number of nitrogens with one attached hydrogen (secondary N) is 1. The van der Waals surface area contributed by atoms with Gasteiger partial charge in [0, 0.05) is 30.7 Å². The molecule has 88 valence electrons. The highest BCUT2D eigenvalue weighted by Crippen LogP contribution is 2.21. The zero-order chi connectivity index (χ0) is 12.0. The zero-order valence-electron chi connectivity index (χ0n) is 9.62. The number of hydrogen-bond acceptors (Lipinski definition) is 4. The Morgan fingerprint density at radius 2 is 2.31 bits per heavy atom. The van der Waals surface area contributed by atoms with Crippen LogP contribution in [-0.2, 0) is 4.74 Å². The lowest BCUT2D eigenvalue weighted by Crippen LogP contribution is -2.13. The van der Waals surface area contributed by atoms with E-state index in [9.17, 15) is 0 Å². The van der Waals surface area contributed by atoms with Crippen molar-refractivity contribution in [1.82, 2.24) is 4.98 Å². The number of aryl methyl sites for hydroxylation is 1. The molecule has 0 bridgehead atoms. The van der Waals surface area contributed by atoms with Crippen LogP contribution in [0.4, 0.5) is 0 Å². The molecule has 0 aliphatic heterocycles. The Bertz CT molecular complexity index is 368. The topological polar surface area (TPSA) is 72.0 Å². The Kier molecular flexibility index (Phi) is 5.28. The minimum absolute atomic E-state index is 0.0711. The molecule has 0 spiro atoms. The average Bonchev–Trinajstić information content (AvgIpc) is 2.24. The van der Waals surface area contributed by atoms with Crippen LogP contribution in [0.5, 0.6) is 0 Å². The highest BCUT2D eigenvalue weighted by molar-refractivity contribution is 7.99. The summed E-state index contributed by atoms with van der Waals surface area (Å²) in [6.45, 7) is 2.68. The van der Waals surface area contributed by atoms with Gasteiger partial charge in [0.05, 0.1) is 0 Å². The summed E-state index contributed by atoms with van der Waals surface area (Å²) in [7, 11) is 1.69. The first kappa shape index (κ1) is 13.0. The van der Waals surface area contributed by atoms with Crippen molar-refractivity contribution in [1.29, 1.82) is 5.41 Å². The minimum atomic E-state index is 0.0711. The number of hydrogen-bond donors (Lipinski definition) is 2. The van der Waals surface area contributed by atoms with E-state index < -0.39 is 0 Å². The molecule has 0 radical (unpaired) electrons. The van der Waals surface area contributed by atoms with E-state index in [1.807, 2.05) is 19.1 Å². The van der Waals surface area contributed by atoms with Crippen LogP contribution in [0.3, 0.4) is 0 Å². The molecule has 0 unspecified atom stereocenters. The molecule has 0 atom stereocenters. The third kappa shape index (κ3) is 3.83. The maximum absolute atomic E-state index is 7.46. The van der Waals surface area contributed by atoms with Gasteiger partial charge in [0.15, 0.2) is 0 Å². The van der Waals surface area contributed by atoms with Crippen LogP contribution in [-0.4, -0.2) is 30.3 Å². The quantitative estimate of drug-likeness (QED) is 0.344. The smallest absolute Gasteiger partial charge is 0.125 e. The SMILES string of the molecule is COCCCSc1nc(C)ccc1C(=N)N. The molecule has 0 saturated carbocycles. The Labute approximate surface area is 100 Å². The molecule has 0 aliphatic rings. The fraction of sp³-hybridized carbons (Fsp3) is 0.455. The third-order valence-electron chi connectivity index (χ3n) is 2.02. The molecule has 5 heteroatoms. The molecule has 0 fully saturated rings. The summed E-state index contributed by atoms with van der Waals surface area (Å²) < 4.78 is 4.98. The molecule has 3 N–H and O–H groups in total. The highest BCUT2D eigenvalue weighted by Gasteiger charge is 2.07. The second kappa shape index (κ2) is 6.50. The molecule has 0 aromatic carbocycles. The Morgan fingerprint density at radius 3 is 2.94 bits per heavy atom. The molecule has 0 aliphatic carbocycles. The fourth-order valence-electron chi connectivity index (χ4n) is 1.22. The summed E-state index contributed by atoms with van der Waals surface area (Å²) in [5.41, 5.74) is 7.16. The second-order valence-electron chi connectivity index (χ2n) is 3.41. The summed E-state index contributed by atoms with van der Waals surface area (Å²) in [6.07, 6.45) is 0.966. The standard InChI is InChI=1S/C11H17N3OS/c1-8-4-5-9(10(12)13)11(14-8)16-7-3-6-15-2/h4-5H,3,6-7H2,1-2H3,(H3,12,13). The number of thioether (sulfide) groups is 1. The Balaban J connectivity index is 2.68. The van der Waals surface area contributed by atoms with Gasteiger partial charge in [0.2, 0.25) is 0 Å². The monoisotopic (exact) mass is 239 g/mol. The van der Waals surface area contributed by atoms with E-state index in [4.69, 9.17) is 15.9 Å². The number of methoxy groups -OCH3 is 1. The van der Waals surface area contributed by atoms with Crippen LogP contribution in [0.15, 0.2) is 17.2 Å². The van der Waals surface area contributed by atoms with E-state index in [-0.39, 0.29) is 5.84 Å². The summed E-state index contributed by atoms with van der Waals surface area (Å²) >= 11 is 1.62. The van der Waals surface area contributed by atoms with E-state index in [2.05, 4.69) is 4.98 Å². The van der Waals surface area contributed by atoms with Crippen LogP contribution in [0.25, 0.3) is 0 Å². The largest absolute Gasteiger partial charge is 0.385 e. The van der Waals surface area contributed by atoms with Gasteiger partial charge in [0.1, 0.15) is 10.9 Å².